The van der Waals surface area contributed by atoms with Crippen LogP contribution in [0, 0.1) is 5.92 Å². The van der Waals surface area contributed by atoms with E-state index in [1.54, 1.807) is 0 Å². The molecule has 84 valence electrons. The molecule has 0 amide bonds. The molecule has 0 radical (unpaired) electrons. The van der Waals surface area contributed by atoms with Crippen LogP contribution in [0.15, 0.2) is 11.6 Å². The maximum absolute atomic E-state index is 8.10. The van der Waals surface area contributed by atoms with Crippen molar-refractivity contribution in [1.29, 1.82) is 0 Å². The zero-order chi connectivity index (χ0) is 13.8. The van der Waals surface area contributed by atoms with Crippen LogP contribution in [0.4, 0.5) is 0 Å². The van der Waals surface area contributed by atoms with Crippen LogP contribution in [-0.2, 0) is 0 Å². The normalized spacial score (nSPS) is 18.9. The molecular weight excluding hydrogens is 168 g/mol. The fourth-order valence-electron chi connectivity index (χ4n) is 1.35. The molecule has 0 heterocycles. The lowest BCUT2D eigenvalue weighted by atomic mass is 9.96. The Kier molecular flexibility index (Phi) is 5.29. The fourth-order valence-corrected chi connectivity index (χ4v) is 1.35. The van der Waals surface area contributed by atoms with Crippen molar-refractivity contribution in [2.24, 2.45) is 5.92 Å². The zero-order valence-electron chi connectivity index (χ0n) is 13.6. The van der Waals surface area contributed by atoms with Crippen LogP contribution in [0.5, 0.6) is 0 Å². The molecule has 14 heavy (non-hydrogen) atoms. The fraction of sp³-hybridized carbons (Fsp3) is 0.857. The van der Waals surface area contributed by atoms with Crippen LogP contribution in [-0.4, -0.2) is 0 Å². The molecule has 0 aromatic heterocycles. The molecule has 0 rings (SSSR count). The van der Waals surface area contributed by atoms with Gasteiger partial charge < -0.3 is 0 Å². The average Bonchev–Trinajstić information content (AvgIpc) is 2.37. The van der Waals surface area contributed by atoms with Crippen molar-refractivity contribution in [3.63, 3.8) is 0 Å². The van der Waals surface area contributed by atoms with Crippen LogP contribution in [0.25, 0.3) is 0 Å². The van der Waals surface area contributed by atoms with Crippen LogP contribution >= 0.6 is 0 Å². The summed E-state index contributed by atoms with van der Waals surface area (Å²) in [6, 6.07) is 0.694. The van der Waals surface area contributed by atoms with E-state index < -0.39 is 0 Å². The highest BCUT2D eigenvalue weighted by Gasteiger charge is 2.01. The quantitative estimate of drug-likeness (QED) is 0.366. The molecule has 0 saturated heterocycles. The summed E-state index contributed by atoms with van der Waals surface area (Å²) in [5.41, 5.74) is 1.06. The number of unbranched alkanes of at least 4 members (excludes halogenated alkanes) is 2. The van der Waals surface area contributed by atoms with Crippen LogP contribution in [0.2, 0.25) is 0 Å². The third-order valence-corrected chi connectivity index (χ3v) is 2.40. The molecule has 1 atom stereocenters. The van der Waals surface area contributed by atoms with E-state index in [4.69, 9.17) is 5.48 Å². The van der Waals surface area contributed by atoms with E-state index >= 15 is 0 Å². The highest BCUT2D eigenvalue weighted by Crippen LogP contribution is 2.18. The highest BCUT2D eigenvalue weighted by atomic mass is 14.1. The van der Waals surface area contributed by atoms with Crippen molar-refractivity contribution >= 4 is 0 Å². The number of rotatable bonds is 8. The Morgan fingerprint density at radius 3 is 3.00 bits per heavy atom. The minimum Gasteiger partial charge on any atom is -0.0853 e. The molecule has 0 nitrogen and oxygen atoms in total. The SMILES string of the molecule is [2H]CC/C(CC(C[2H])CC[2H])=C(\[2H])CCCCC. The Bertz CT molecular complexity index is 226. The summed E-state index contributed by atoms with van der Waals surface area (Å²) in [5.74, 6) is 0.204. The van der Waals surface area contributed by atoms with Crippen molar-refractivity contribution in [2.45, 2.75) is 72.6 Å². The molecule has 1 unspecified atom stereocenters. The number of hydrogen-bond acceptors (Lipinski definition) is 0. The van der Waals surface area contributed by atoms with Gasteiger partial charge in [0.2, 0.25) is 0 Å². The molecule has 0 saturated carbocycles. The van der Waals surface area contributed by atoms with Gasteiger partial charge in [0, 0.05) is 4.11 Å². The third kappa shape index (κ3) is 7.17. The minimum atomic E-state index is 0.204. The van der Waals surface area contributed by atoms with Crippen molar-refractivity contribution in [3.05, 3.63) is 11.6 Å². The Hall–Kier alpha value is -0.260. The first-order valence-electron chi connectivity index (χ1n) is 8.36. The molecule has 0 aliphatic carbocycles. The Morgan fingerprint density at radius 1 is 1.43 bits per heavy atom. The summed E-state index contributed by atoms with van der Waals surface area (Å²) >= 11 is 0. The number of allylic oxidation sites excluding steroid dienone is 2. The van der Waals surface area contributed by atoms with Gasteiger partial charge in [-0.15, -0.1) is 0 Å². The van der Waals surface area contributed by atoms with E-state index in [0.29, 0.717) is 33.2 Å². The molecule has 0 bridgehead atoms. The standard InChI is InChI=1S/C14H28/c1-5-8-9-10-11-14(7-3)12-13(4)6-2/h11,13H,5-10,12H2,1-4H3/b14-11-/i2D,3D,4D,11D. The second kappa shape index (κ2) is 9.30. The molecule has 0 heteroatoms. The summed E-state index contributed by atoms with van der Waals surface area (Å²) < 4.78 is 30.2. The van der Waals surface area contributed by atoms with Crippen molar-refractivity contribution in [2.75, 3.05) is 0 Å². The summed E-state index contributed by atoms with van der Waals surface area (Å²) in [5, 5.41) is 0. The largest absolute Gasteiger partial charge is 0.0853 e. The van der Waals surface area contributed by atoms with Gasteiger partial charge in [0.15, 0.2) is 0 Å². The van der Waals surface area contributed by atoms with Gasteiger partial charge >= 0.3 is 0 Å². The summed E-state index contributed by atoms with van der Waals surface area (Å²) in [4.78, 5) is 0. The predicted molar refractivity (Wildman–Crippen MR) is 66.6 cm³/mol. The van der Waals surface area contributed by atoms with Gasteiger partial charge in [0.1, 0.15) is 0 Å². The van der Waals surface area contributed by atoms with Crippen molar-refractivity contribution in [3.8, 4) is 0 Å². The number of hydrogen-bond donors (Lipinski definition) is 0. The lowest BCUT2D eigenvalue weighted by Gasteiger charge is -2.10. The summed E-state index contributed by atoms with van der Waals surface area (Å²) in [7, 11) is 0. The zero-order valence-corrected chi connectivity index (χ0v) is 9.65. The predicted octanol–water partition coefficient (Wildman–Crippen LogP) is 5.34. The summed E-state index contributed by atoms with van der Waals surface area (Å²) in [6.07, 6.45) is 6.36. The molecule has 0 fully saturated rings. The Labute approximate surface area is 96.4 Å². The van der Waals surface area contributed by atoms with Gasteiger partial charge in [-0.25, -0.2) is 0 Å². The van der Waals surface area contributed by atoms with E-state index in [9.17, 15) is 0 Å². The molecular formula is C14H28. The van der Waals surface area contributed by atoms with Gasteiger partial charge in [-0.05, 0) is 31.6 Å². The monoisotopic (exact) mass is 200 g/mol. The van der Waals surface area contributed by atoms with Gasteiger partial charge in [-0.3, -0.25) is 0 Å². The smallest absolute Gasteiger partial charge is 0.0575 e. The first kappa shape index (κ1) is 7.96. The molecule has 0 aliphatic heterocycles. The third-order valence-electron chi connectivity index (χ3n) is 2.40. The molecule has 0 aromatic rings. The van der Waals surface area contributed by atoms with Crippen molar-refractivity contribution < 1.29 is 5.48 Å². The second-order valence-corrected chi connectivity index (χ2v) is 3.85. The molecule has 0 N–H and O–H groups in total. The first-order chi connectivity index (χ1) is 8.69. The first-order valence-corrected chi connectivity index (χ1v) is 5.74. The van der Waals surface area contributed by atoms with E-state index in [2.05, 4.69) is 6.92 Å². The van der Waals surface area contributed by atoms with E-state index in [1.807, 2.05) is 0 Å². The van der Waals surface area contributed by atoms with Crippen LogP contribution < -0.4 is 0 Å². The minimum absolute atomic E-state index is 0.204. The maximum atomic E-state index is 8.10. The lowest BCUT2D eigenvalue weighted by Crippen LogP contribution is -1.94. The lowest BCUT2D eigenvalue weighted by molar-refractivity contribution is 0.548. The van der Waals surface area contributed by atoms with Gasteiger partial charge in [0.25, 0.3) is 0 Å². The van der Waals surface area contributed by atoms with Crippen LogP contribution in [0.3, 0.4) is 0 Å². The Balaban J connectivity index is 4.44. The van der Waals surface area contributed by atoms with E-state index in [1.165, 1.54) is 0 Å². The van der Waals surface area contributed by atoms with E-state index in [0.717, 1.165) is 44.1 Å². The molecule has 0 aliphatic rings. The molecule has 0 spiro atoms. The second-order valence-electron chi connectivity index (χ2n) is 3.85. The highest BCUT2D eigenvalue weighted by molar-refractivity contribution is 5.01. The summed E-state index contributed by atoms with van der Waals surface area (Å²) in [6.45, 7) is 3.18. The van der Waals surface area contributed by atoms with Crippen LogP contribution in [0.1, 0.15) is 78.1 Å². The average molecular weight is 200 g/mol. The topological polar surface area (TPSA) is 0 Å². The van der Waals surface area contributed by atoms with Gasteiger partial charge in [0.05, 0.1) is 1.37 Å². The maximum Gasteiger partial charge on any atom is 0.0575 e. The Morgan fingerprint density at radius 2 is 2.36 bits per heavy atom. The van der Waals surface area contributed by atoms with E-state index in [-0.39, 0.29) is 5.92 Å². The molecule has 0 aromatic carbocycles. The van der Waals surface area contributed by atoms with Gasteiger partial charge in [-0.1, -0.05) is 58.5 Å². The van der Waals surface area contributed by atoms with Gasteiger partial charge in [-0.2, -0.15) is 0 Å². The van der Waals surface area contributed by atoms with Crippen molar-refractivity contribution in [1.82, 2.24) is 0 Å².